The van der Waals surface area contributed by atoms with Gasteiger partial charge in [-0.05, 0) is 43.9 Å². The van der Waals surface area contributed by atoms with Crippen molar-refractivity contribution in [2.24, 2.45) is 0 Å². The number of aromatic amines is 1. The van der Waals surface area contributed by atoms with E-state index in [1.807, 2.05) is 0 Å². The minimum Gasteiger partial charge on any atom is -0.349 e. The Bertz CT molecular complexity index is 1030. The molecular formula is C19H23N3O4S. The molecule has 2 aromatic rings. The van der Waals surface area contributed by atoms with Gasteiger partial charge >= 0.3 is 0 Å². The lowest BCUT2D eigenvalue weighted by atomic mass is 10.1. The number of benzene rings is 1. The molecule has 0 spiro atoms. The number of rotatable bonds is 4. The van der Waals surface area contributed by atoms with Gasteiger partial charge in [0.1, 0.15) is 0 Å². The zero-order chi connectivity index (χ0) is 19.0. The van der Waals surface area contributed by atoms with E-state index < -0.39 is 10.0 Å². The average molecular weight is 389 g/mol. The summed E-state index contributed by atoms with van der Waals surface area (Å²) >= 11 is 0. The maximum Gasteiger partial charge on any atom is 0.252 e. The quantitative estimate of drug-likeness (QED) is 0.835. The van der Waals surface area contributed by atoms with E-state index in [-0.39, 0.29) is 28.0 Å². The number of carbonyl (C=O) groups is 1. The van der Waals surface area contributed by atoms with Crippen molar-refractivity contribution in [2.45, 2.75) is 49.5 Å². The molecule has 1 aromatic heterocycles. The number of nitrogens with one attached hydrogen (secondary N) is 2. The van der Waals surface area contributed by atoms with Gasteiger partial charge in [0, 0.05) is 36.1 Å². The fourth-order valence-corrected chi connectivity index (χ4v) is 5.05. The van der Waals surface area contributed by atoms with Crippen LogP contribution in [0.1, 0.15) is 48.9 Å². The number of sulfonamides is 1. The second-order valence-electron chi connectivity index (χ2n) is 7.32. The van der Waals surface area contributed by atoms with Crippen LogP contribution in [-0.4, -0.2) is 42.7 Å². The zero-order valence-corrected chi connectivity index (χ0v) is 15.8. The lowest BCUT2D eigenvalue weighted by Gasteiger charge is -2.20. The molecule has 1 aliphatic heterocycles. The van der Waals surface area contributed by atoms with Crippen molar-refractivity contribution in [1.29, 1.82) is 0 Å². The molecule has 1 aliphatic carbocycles. The first-order chi connectivity index (χ1) is 12.9. The summed E-state index contributed by atoms with van der Waals surface area (Å²) in [4.78, 5) is 27.3. The second kappa shape index (κ2) is 7.09. The predicted molar refractivity (Wildman–Crippen MR) is 102 cm³/mol. The Kier molecular flexibility index (Phi) is 4.77. The fraction of sp³-hybridized carbons (Fsp3) is 0.474. The third kappa shape index (κ3) is 3.77. The number of aromatic nitrogens is 1. The van der Waals surface area contributed by atoms with Crippen molar-refractivity contribution in [3.63, 3.8) is 0 Å². The number of pyridine rings is 1. The molecular weight excluding hydrogens is 366 g/mol. The topological polar surface area (TPSA) is 99.3 Å². The third-order valence-electron chi connectivity index (χ3n) is 5.17. The Morgan fingerprint density at radius 1 is 1.07 bits per heavy atom. The van der Waals surface area contributed by atoms with Crippen LogP contribution < -0.4 is 10.9 Å². The standard InChI is InChI=1S/C19H23N3O4S/c23-18-12-16(19(24)20-13-5-6-13)15-11-14(7-8-17(15)21-18)27(25,26)22-9-3-1-2-4-10-22/h7-8,11-13H,1-6,9-10H2,(H,20,24)(H,21,23). The first kappa shape index (κ1) is 18.2. The molecule has 1 aromatic carbocycles. The van der Waals surface area contributed by atoms with E-state index in [1.54, 1.807) is 6.07 Å². The molecule has 4 rings (SSSR count). The lowest BCUT2D eigenvalue weighted by molar-refractivity contribution is 0.0952. The van der Waals surface area contributed by atoms with Crippen LogP contribution in [0.2, 0.25) is 0 Å². The first-order valence-corrected chi connectivity index (χ1v) is 10.9. The average Bonchev–Trinajstić information content (AvgIpc) is 3.47. The smallest absolute Gasteiger partial charge is 0.252 e. The highest BCUT2D eigenvalue weighted by atomic mass is 32.2. The molecule has 1 amide bonds. The molecule has 1 saturated heterocycles. The van der Waals surface area contributed by atoms with Gasteiger partial charge in [0.05, 0.1) is 10.5 Å². The summed E-state index contributed by atoms with van der Waals surface area (Å²) < 4.78 is 27.7. The summed E-state index contributed by atoms with van der Waals surface area (Å²) in [6, 6.07) is 5.96. The van der Waals surface area contributed by atoms with Gasteiger partial charge < -0.3 is 10.3 Å². The summed E-state index contributed by atoms with van der Waals surface area (Å²) in [6.07, 6.45) is 5.65. The summed E-state index contributed by atoms with van der Waals surface area (Å²) in [7, 11) is -3.63. The first-order valence-electron chi connectivity index (χ1n) is 9.43. The van der Waals surface area contributed by atoms with Gasteiger partial charge in [-0.3, -0.25) is 9.59 Å². The normalized spacial score (nSPS) is 19.0. The van der Waals surface area contributed by atoms with Crippen LogP contribution in [0.15, 0.2) is 34.0 Å². The Labute approximate surface area is 157 Å². The van der Waals surface area contributed by atoms with Crippen molar-refractivity contribution in [1.82, 2.24) is 14.6 Å². The molecule has 1 saturated carbocycles. The Morgan fingerprint density at radius 3 is 2.44 bits per heavy atom. The van der Waals surface area contributed by atoms with E-state index in [9.17, 15) is 18.0 Å². The van der Waals surface area contributed by atoms with Crippen LogP contribution in [0.4, 0.5) is 0 Å². The van der Waals surface area contributed by atoms with Crippen LogP contribution >= 0.6 is 0 Å². The van der Waals surface area contributed by atoms with E-state index in [4.69, 9.17) is 0 Å². The second-order valence-corrected chi connectivity index (χ2v) is 9.26. The summed E-state index contributed by atoms with van der Waals surface area (Å²) in [5.41, 5.74) is 0.290. The van der Waals surface area contributed by atoms with E-state index in [2.05, 4.69) is 10.3 Å². The Morgan fingerprint density at radius 2 is 1.78 bits per heavy atom. The molecule has 0 unspecified atom stereocenters. The van der Waals surface area contributed by atoms with E-state index in [1.165, 1.54) is 22.5 Å². The van der Waals surface area contributed by atoms with Crippen LogP contribution in [0.5, 0.6) is 0 Å². The van der Waals surface area contributed by atoms with Crippen LogP contribution in [-0.2, 0) is 10.0 Å². The van der Waals surface area contributed by atoms with E-state index in [0.717, 1.165) is 38.5 Å². The Balaban J connectivity index is 1.77. The third-order valence-corrected chi connectivity index (χ3v) is 7.07. The molecule has 27 heavy (non-hydrogen) atoms. The molecule has 0 radical (unpaired) electrons. The van der Waals surface area contributed by atoms with E-state index in [0.29, 0.717) is 24.0 Å². The molecule has 2 heterocycles. The molecule has 7 nitrogen and oxygen atoms in total. The highest BCUT2D eigenvalue weighted by molar-refractivity contribution is 7.89. The van der Waals surface area contributed by atoms with Crippen molar-refractivity contribution in [2.75, 3.05) is 13.1 Å². The van der Waals surface area contributed by atoms with Crippen molar-refractivity contribution in [3.8, 4) is 0 Å². The van der Waals surface area contributed by atoms with Crippen LogP contribution in [0, 0.1) is 0 Å². The number of nitrogens with zero attached hydrogens (tertiary/aromatic N) is 1. The minimum absolute atomic E-state index is 0.149. The van der Waals surface area contributed by atoms with Crippen molar-refractivity contribution in [3.05, 3.63) is 40.2 Å². The number of hydrogen-bond acceptors (Lipinski definition) is 4. The molecule has 2 aliphatic rings. The summed E-state index contributed by atoms with van der Waals surface area (Å²) in [5, 5.41) is 3.32. The van der Waals surface area contributed by atoms with Crippen molar-refractivity contribution < 1.29 is 13.2 Å². The minimum atomic E-state index is -3.63. The monoisotopic (exact) mass is 389 g/mol. The molecule has 8 heteroatoms. The van der Waals surface area contributed by atoms with Crippen LogP contribution in [0.3, 0.4) is 0 Å². The SMILES string of the molecule is O=C(NC1CC1)c1cc(=O)[nH]c2ccc(S(=O)(=O)N3CCCCCC3)cc12. The van der Waals surface area contributed by atoms with Gasteiger partial charge in [0.25, 0.3) is 5.91 Å². The van der Waals surface area contributed by atoms with Gasteiger partial charge in [0.15, 0.2) is 0 Å². The molecule has 0 bridgehead atoms. The highest BCUT2D eigenvalue weighted by Gasteiger charge is 2.27. The van der Waals surface area contributed by atoms with E-state index >= 15 is 0 Å². The predicted octanol–water partition coefficient (Wildman–Crippen LogP) is 1.98. The molecule has 2 fully saturated rings. The fourth-order valence-electron chi connectivity index (χ4n) is 3.50. The van der Waals surface area contributed by atoms with Gasteiger partial charge in [-0.25, -0.2) is 8.42 Å². The maximum atomic E-state index is 13.1. The molecule has 2 N–H and O–H groups in total. The Hall–Kier alpha value is -2.19. The van der Waals surface area contributed by atoms with Gasteiger partial charge in [-0.2, -0.15) is 4.31 Å². The zero-order valence-electron chi connectivity index (χ0n) is 15.0. The maximum absolute atomic E-state index is 13.1. The van der Waals surface area contributed by atoms with Crippen LogP contribution in [0.25, 0.3) is 10.9 Å². The molecule has 0 atom stereocenters. The summed E-state index contributed by atoms with van der Waals surface area (Å²) in [6.45, 7) is 1.03. The van der Waals surface area contributed by atoms with Gasteiger partial charge in [-0.1, -0.05) is 12.8 Å². The highest BCUT2D eigenvalue weighted by Crippen LogP contribution is 2.26. The van der Waals surface area contributed by atoms with Crippen molar-refractivity contribution >= 4 is 26.8 Å². The van der Waals surface area contributed by atoms with Gasteiger partial charge in [-0.15, -0.1) is 0 Å². The molecule has 144 valence electrons. The lowest BCUT2D eigenvalue weighted by Crippen LogP contribution is -2.32. The number of H-pyrrole nitrogens is 1. The largest absolute Gasteiger partial charge is 0.349 e. The number of fused-ring (bicyclic) bond motifs is 1. The number of hydrogen-bond donors (Lipinski definition) is 2. The number of amides is 1. The number of carbonyl (C=O) groups excluding carboxylic acids is 1. The van der Waals surface area contributed by atoms with Gasteiger partial charge in [0.2, 0.25) is 15.6 Å². The summed E-state index contributed by atoms with van der Waals surface area (Å²) in [5.74, 6) is -0.335.